The molecule has 0 amide bonds. The fourth-order valence-corrected chi connectivity index (χ4v) is 3.56. The Labute approximate surface area is 134 Å². The molecule has 114 valence electrons. The Morgan fingerprint density at radius 3 is 2.45 bits per heavy atom. The van der Waals surface area contributed by atoms with Gasteiger partial charge in [-0.05, 0) is 24.1 Å². The van der Waals surface area contributed by atoms with Gasteiger partial charge in [-0.3, -0.25) is 4.79 Å². The molecule has 0 heterocycles. The van der Waals surface area contributed by atoms with Gasteiger partial charge < -0.3 is 4.74 Å². The van der Waals surface area contributed by atoms with Crippen LogP contribution in [-0.2, 0) is 14.3 Å². The molecule has 0 fully saturated rings. The second-order valence-electron chi connectivity index (χ2n) is 4.71. The minimum atomic E-state index is -1.06. The summed E-state index contributed by atoms with van der Waals surface area (Å²) < 4.78 is 18.0. The van der Waals surface area contributed by atoms with Gasteiger partial charge in [0, 0.05) is 4.90 Å². The standard InChI is InChI=1S/C18H17FO2S/c1-3-13-18(17(20)21-2,14-9-5-4-6-10-14)22-16-12-8-7-11-15(16)19/h3-12H,1,13H2,2H3. The smallest absolute Gasteiger partial charge is 0.327 e. The number of esters is 1. The molecule has 0 N–H and O–H groups in total. The van der Waals surface area contributed by atoms with Gasteiger partial charge in [-0.2, -0.15) is 0 Å². The first-order valence-corrected chi connectivity index (χ1v) is 7.64. The van der Waals surface area contributed by atoms with Crippen LogP contribution in [0.4, 0.5) is 4.39 Å². The van der Waals surface area contributed by atoms with Crippen LogP contribution in [0.25, 0.3) is 0 Å². The lowest BCUT2D eigenvalue weighted by atomic mass is 9.94. The monoisotopic (exact) mass is 316 g/mol. The van der Waals surface area contributed by atoms with Crippen molar-refractivity contribution < 1.29 is 13.9 Å². The molecule has 2 nitrogen and oxygen atoms in total. The molecule has 0 saturated carbocycles. The van der Waals surface area contributed by atoms with Crippen LogP contribution in [0.2, 0.25) is 0 Å². The second-order valence-corrected chi connectivity index (χ2v) is 6.05. The van der Waals surface area contributed by atoms with E-state index in [0.29, 0.717) is 11.3 Å². The summed E-state index contributed by atoms with van der Waals surface area (Å²) >= 11 is 1.15. The van der Waals surface area contributed by atoms with Gasteiger partial charge in [0.15, 0.2) is 0 Å². The van der Waals surface area contributed by atoms with Crippen LogP contribution >= 0.6 is 11.8 Å². The molecule has 4 heteroatoms. The molecular formula is C18H17FO2S. The highest BCUT2D eigenvalue weighted by Gasteiger charge is 2.42. The van der Waals surface area contributed by atoms with E-state index in [4.69, 9.17) is 4.74 Å². The van der Waals surface area contributed by atoms with Crippen LogP contribution < -0.4 is 0 Å². The zero-order valence-electron chi connectivity index (χ0n) is 12.3. The van der Waals surface area contributed by atoms with E-state index in [1.807, 2.05) is 30.3 Å². The lowest BCUT2D eigenvalue weighted by Crippen LogP contribution is -2.33. The third-order valence-electron chi connectivity index (χ3n) is 3.31. The molecule has 0 radical (unpaired) electrons. The number of carbonyl (C=O) groups excluding carboxylic acids is 1. The molecule has 2 aromatic rings. The Morgan fingerprint density at radius 2 is 1.86 bits per heavy atom. The predicted molar refractivity (Wildman–Crippen MR) is 87.2 cm³/mol. The summed E-state index contributed by atoms with van der Waals surface area (Å²) in [5, 5.41) is 0. The van der Waals surface area contributed by atoms with Gasteiger partial charge in [-0.1, -0.05) is 60.3 Å². The highest BCUT2D eigenvalue weighted by molar-refractivity contribution is 8.01. The Bertz CT molecular complexity index is 657. The van der Waals surface area contributed by atoms with Crippen LogP contribution in [0, 0.1) is 5.82 Å². The number of hydrogen-bond acceptors (Lipinski definition) is 3. The van der Waals surface area contributed by atoms with Crippen molar-refractivity contribution in [2.75, 3.05) is 7.11 Å². The zero-order chi connectivity index (χ0) is 16.0. The minimum Gasteiger partial charge on any atom is -0.468 e. The fraction of sp³-hybridized carbons (Fsp3) is 0.167. The van der Waals surface area contributed by atoms with Gasteiger partial charge in [0.25, 0.3) is 0 Å². The maximum absolute atomic E-state index is 14.0. The maximum atomic E-state index is 14.0. The summed E-state index contributed by atoms with van der Waals surface area (Å²) in [4.78, 5) is 12.9. The number of halogens is 1. The number of carbonyl (C=O) groups is 1. The molecule has 0 saturated heterocycles. The lowest BCUT2D eigenvalue weighted by Gasteiger charge is -2.30. The van der Waals surface area contributed by atoms with Gasteiger partial charge in [-0.25, -0.2) is 4.39 Å². The summed E-state index contributed by atoms with van der Waals surface area (Å²) in [7, 11) is 1.34. The van der Waals surface area contributed by atoms with E-state index in [9.17, 15) is 9.18 Å². The van der Waals surface area contributed by atoms with Crippen LogP contribution in [0.5, 0.6) is 0 Å². The molecule has 0 aromatic heterocycles. The number of methoxy groups -OCH3 is 1. The van der Waals surface area contributed by atoms with E-state index < -0.39 is 10.7 Å². The van der Waals surface area contributed by atoms with Gasteiger partial charge in [0.2, 0.25) is 0 Å². The molecule has 22 heavy (non-hydrogen) atoms. The zero-order valence-corrected chi connectivity index (χ0v) is 13.1. The first-order valence-electron chi connectivity index (χ1n) is 6.82. The number of allylic oxidation sites excluding steroid dienone is 1. The van der Waals surface area contributed by atoms with Crippen LogP contribution in [0.15, 0.2) is 72.1 Å². The lowest BCUT2D eigenvalue weighted by molar-refractivity contribution is -0.143. The molecule has 2 aromatic carbocycles. The van der Waals surface area contributed by atoms with Crippen molar-refractivity contribution in [1.29, 1.82) is 0 Å². The number of thioether (sulfide) groups is 1. The number of ether oxygens (including phenoxy) is 1. The summed E-state index contributed by atoms with van der Waals surface area (Å²) in [5.74, 6) is -0.785. The predicted octanol–water partition coefficient (Wildman–Crippen LogP) is 4.56. The Kier molecular flexibility index (Phi) is 5.39. The van der Waals surface area contributed by atoms with Crippen LogP contribution in [0.3, 0.4) is 0 Å². The van der Waals surface area contributed by atoms with Gasteiger partial charge in [-0.15, -0.1) is 6.58 Å². The van der Waals surface area contributed by atoms with Crippen molar-refractivity contribution in [3.05, 3.63) is 78.6 Å². The second kappa shape index (κ2) is 7.27. The van der Waals surface area contributed by atoms with Crippen molar-refractivity contribution in [3.8, 4) is 0 Å². The van der Waals surface area contributed by atoms with Crippen molar-refractivity contribution in [3.63, 3.8) is 0 Å². The summed E-state index contributed by atoms with van der Waals surface area (Å²) in [6.45, 7) is 3.74. The molecule has 0 aliphatic rings. The summed E-state index contributed by atoms with van der Waals surface area (Å²) in [6.07, 6.45) is 1.99. The van der Waals surface area contributed by atoms with E-state index in [1.165, 1.54) is 13.2 Å². The molecule has 2 rings (SSSR count). The van der Waals surface area contributed by atoms with E-state index in [2.05, 4.69) is 6.58 Å². The normalized spacial score (nSPS) is 13.2. The Balaban J connectivity index is 2.55. The molecule has 0 spiro atoms. The molecule has 0 aliphatic carbocycles. The first-order chi connectivity index (χ1) is 10.6. The third kappa shape index (κ3) is 3.22. The van der Waals surface area contributed by atoms with Crippen molar-refractivity contribution in [1.82, 2.24) is 0 Å². The molecule has 1 unspecified atom stereocenters. The molecule has 1 atom stereocenters. The topological polar surface area (TPSA) is 26.3 Å². The highest BCUT2D eigenvalue weighted by Crippen LogP contribution is 2.46. The quantitative estimate of drug-likeness (QED) is 0.444. The Hall–Kier alpha value is -2.07. The van der Waals surface area contributed by atoms with Gasteiger partial charge >= 0.3 is 5.97 Å². The third-order valence-corrected chi connectivity index (χ3v) is 4.78. The number of rotatable bonds is 6. The van der Waals surface area contributed by atoms with Gasteiger partial charge in [0.1, 0.15) is 10.6 Å². The average Bonchev–Trinajstić information content (AvgIpc) is 2.56. The molecule has 0 bridgehead atoms. The van der Waals surface area contributed by atoms with Crippen molar-refractivity contribution in [2.24, 2.45) is 0 Å². The molecular weight excluding hydrogens is 299 g/mol. The number of hydrogen-bond donors (Lipinski definition) is 0. The minimum absolute atomic E-state index is 0.336. The van der Waals surface area contributed by atoms with E-state index >= 15 is 0 Å². The SMILES string of the molecule is C=CCC(Sc1ccccc1F)(C(=O)OC)c1ccccc1. The average molecular weight is 316 g/mol. The van der Waals surface area contributed by atoms with E-state index in [-0.39, 0.29) is 5.82 Å². The van der Waals surface area contributed by atoms with Gasteiger partial charge in [0.05, 0.1) is 7.11 Å². The number of benzene rings is 2. The first kappa shape index (κ1) is 16.3. The van der Waals surface area contributed by atoms with E-state index in [1.54, 1.807) is 24.3 Å². The fourth-order valence-electron chi connectivity index (χ4n) is 2.25. The van der Waals surface area contributed by atoms with Crippen molar-refractivity contribution in [2.45, 2.75) is 16.1 Å². The summed E-state index contributed by atoms with van der Waals surface area (Å²) in [6, 6.07) is 15.6. The molecule has 0 aliphatic heterocycles. The van der Waals surface area contributed by atoms with Crippen LogP contribution in [0.1, 0.15) is 12.0 Å². The largest absolute Gasteiger partial charge is 0.468 e. The van der Waals surface area contributed by atoms with E-state index in [0.717, 1.165) is 17.3 Å². The summed E-state index contributed by atoms with van der Waals surface area (Å²) in [5.41, 5.74) is 0.759. The Morgan fingerprint density at radius 1 is 1.23 bits per heavy atom. The highest BCUT2D eigenvalue weighted by atomic mass is 32.2. The van der Waals surface area contributed by atoms with Crippen LogP contribution in [-0.4, -0.2) is 13.1 Å². The van der Waals surface area contributed by atoms with Crippen molar-refractivity contribution >= 4 is 17.7 Å². The maximum Gasteiger partial charge on any atom is 0.327 e.